The van der Waals surface area contributed by atoms with E-state index in [1.54, 1.807) is 0 Å². The first-order valence-electron chi connectivity index (χ1n) is 6.11. The molecule has 1 unspecified atom stereocenters. The topological polar surface area (TPSA) is 52.5 Å². The van der Waals surface area contributed by atoms with E-state index in [9.17, 15) is 0 Å². The van der Waals surface area contributed by atoms with Crippen molar-refractivity contribution in [2.24, 2.45) is 0 Å². The van der Waals surface area contributed by atoms with Crippen LogP contribution < -0.4 is 5.32 Å². The van der Waals surface area contributed by atoms with Crippen molar-refractivity contribution >= 4 is 0 Å². The van der Waals surface area contributed by atoms with Gasteiger partial charge in [-0.1, -0.05) is 44.2 Å². The standard InChI is InChI=1S/C14H23NO2/c1-14(2,12-6-4-3-5-7-12)11-15-13(10-17)8-9-16/h3-7,13,15-17H,8-11H2,1-2H3. The van der Waals surface area contributed by atoms with Gasteiger partial charge in [-0.3, -0.25) is 0 Å². The van der Waals surface area contributed by atoms with E-state index in [0.717, 1.165) is 6.54 Å². The third-order valence-corrected chi connectivity index (χ3v) is 3.09. The molecule has 3 nitrogen and oxygen atoms in total. The van der Waals surface area contributed by atoms with Crippen molar-refractivity contribution in [3.63, 3.8) is 0 Å². The van der Waals surface area contributed by atoms with E-state index >= 15 is 0 Å². The van der Waals surface area contributed by atoms with Crippen LogP contribution in [0.5, 0.6) is 0 Å². The van der Waals surface area contributed by atoms with Crippen LogP contribution in [0.4, 0.5) is 0 Å². The summed E-state index contributed by atoms with van der Waals surface area (Å²) in [7, 11) is 0. The van der Waals surface area contributed by atoms with Gasteiger partial charge in [0.2, 0.25) is 0 Å². The molecule has 1 aromatic rings. The Labute approximate surface area is 103 Å². The summed E-state index contributed by atoms with van der Waals surface area (Å²) in [4.78, 5) is 0. The second-order valence-electron chi connectivity index (χ2n) is 5.02. The molecule has 0 spiro atoms. The molecular weight excluding hydrogens is 214 g/mol. The number of hydrogen-bond donors (Lipinski definition) is 3. The van der Waals surface area contributed by atoms with Crippen molar-refractivity contribution in [2.75, 3.05) is 19.8 Å². The van der Waals surface area contributed by atoms with Crippen LogP contribution in [0.15, 0.2) is 30.3 Å². The van der Waals surface area contributed by atoms with Crippen molar-refractivity contribution in [3.05, 3.63) is 35.9 Å². The molecule has 1 aromatic carbocycles. The summed E-state index contributed by atoms with van der Waals surface area (Å²) in [6.45, 7) is 5.28. The van der Waals surface area contributed by atoms with E-state index in [2.05, 4.69) is 31.3 Å². The molecule has 0 saturated heterocycles. The summed E-state index contributed by atoms with van der Waals surface area (Å²) < 4.78 is 0. The van der Waals surface area contributed by atoms with Crippen LogP contribution in [-0.4, -0.2) is 36.0 Å². The zero-order chi connectivity index (χ0) is 12.7. The Morgan fingerprint density at radius 1 is 1.18 bits per heavy atom. The number of benzene rings is 1. The molecule has 1 atom stereocenters. The number of rotatable bonds is 7. The molecule has 0 aliphatic heterocycles. The Hall–Kier alpha value is -0.900. The number of nitrogens with one attached hydrogen (secondary N) is 1. The minimum Gasteiger partial charge on any atom is -0.396 e. The first kappa shape index (κ1) is 14.2. The highest BCUT2D eigenvalue weighted by molar-refractivity contribution is 5.23. The SMILES string of the molecule is CC(C)(CNC(CO)CCO)c1ccccc1. The van der Waals surface area contributed by atoms with Gasteiger partial charge in [-0.05, 0) is 12.0 Å². The number of aliphatic hydroxyl groups is 2. The summed E-state index contributed by atoms with van der Waals surface area (Å²) in [5, 5.41) is 21.3. The Morgan fingerprint density at radius 3 is 2.35 bits per heavy atom. The number of aliphatic hydroxyl groups excluding tert-OH is 2. The van der Waals surface area contributed by atoms with Crippen LogP contribution in [0, 0.1) is 0 Å². The summed E-state index contributed by atoms with van der Waals surface area (Å²) >= 11 is 0. The maximum Gasteiger partial charge on any atom is 0.0585 e. The lowest BCUT2D eigenvalue weighted by Crippen LogP contribution is -2.41. The summed E-state index contributed by atoms with van der Waals surface area (Å²) in [6, 6.07) is 10.3. The van der Waals surface area contributed by atoms with E-state index < -0.39 is 0 Å². The lowest BCUT2D eigenvalue weighted by molar-refractivity contribution is 0.195. The van der Waals surface area contributed by atoms with Crippen LogP contribution in [0.1, 0.15) is 25.8 Å². The Bertz CT molecular complexity index is 311. The normalized spacial score (nSPS) is 13.6. The first-order chi connectivity index (χ1) is 8.10. The molecular formula is C14H23NO2. The molecule has 17 heavy (non-hydrogen) atoms. The maximum atomic E-state index is 9.15. The van der Waals surface area contributed by atoms with Crippen LogP contribution >= 0.6 is 0 Å². The van der Waals surface area contributed by atoms with Crippen LogP contribution in [0.2, 0.25) is 0 Å². The zero-order valence-corrected chi connectivity index (χ0v) is 10.7. The van der Waals surface area contributed by atoms with Crippen molar-refractivity contribution in [2.45, 2.75) is 31.7 Å². The van der Waals surface area contributed by atoms with E-state index in [4.69, 9.17) is 10.2 Å². The molecule has 0 aliphatic rings. The van der Waals surface area contributed by atoms with E-state index in [1.165, 1.54) is 5.56 Å². The fraction of sp³-hybridized carbons (Fsp3) is 0.571. The molecule has 3 N–H and O–H groups in total. The average molecular weight is 237 g/mol. The van der Waals surface area contributed by atoms with Gasteiger partial charge in [0.05, 0.1) is 6.61 Å². The number of hydrogen-bond acceptors (Lipinski definition) is 3. The van der Waals surface area contributed by atoms with Crippen LogP contribution in [0.25, 0.3) is 0 Å². The fourth-order valence-corrected chi connectivity index (χ4v) is 1.80. The van der Waals surface area contributed by atoms with Gasteiger partial charge in [-0.25, -0.2) is 0 Å². The molecule has 0 aromatic heterocycles. The van der Waals surface area contributed by atoms with Gasteiger partial charge >= 0.3 is 0 Å². The Balaban J connectivity index is 2.55. The highest BCUT2D eigenvalue weighted by Gasteiger charge is 2.21. The monoisotopic (exact) mass is 237 g/mol. The molecule has 1 rings (SSSR count). The van der Waals surface area contributed by atoms with Crippen molar-refractivity contribution in [3.8, 4) is 0 Å². The fourth-order valence-electron chi connectivity index (χ4n) is 1.80. The lowest BCUT2D eigenvalue weighted by atomic mass is 9.84. The van der Waals surface area contributed by atoms with E-state index in [0.29, 0.717) is 6.42 Å². The molecule has 0 radical (unpaired) electrons. The third-order valence-electron chi connectivity index (χ3n) is 3.09. The van der Waals surface area contributed by atoms with E-state index in [1.807, 2.05) is 18.2 Å². The van der Waals surface area contributed by atoms with Gasteiger partial charge in [0.1, 0.15) is 0 Å². The van der Waals surface area contributed by atoms with E-state index in [-0.39, 0.29) is 24.7 Å². The van der Waals surface area contributed by atoms with Crippen molar-refractivity contribution < 1.29 is 10.2 Å². The third kappa shape index (κ3) is 4.46. The lowest BCUT2D eigenvalue weighted by Gasteiger charge is -2.28. The van der Waals surface area contributed by atoms with Crippen molar-refractivity contribution in [1.29, 1.82) is 0 Å². The van der Waals surface area contributed by atoms with Crippen LogP contribution in [0.3, 0.4) is 0 Å². The highest BCUT2D eigenvalue weighted by atomic mass is 16.3. The molecule has 0 heterocycles. The maximum absolute atomic E-state index is 9.15. The van der Waals surface area contributed by atoms with Gasteiger partial charge in [0, 0.05) is 24.6 Å². The molecule has 0 aliphatic carbocycles. The molecule has 3 heteroatoms. The highest BCUT2D eigenvalue weighted by Crippen LogP contribution is 2.21. The summed E-state index contributed by atoms with van der Waals surface area (Å²) in [6.07, 6.45) is 0.585. The second-order valence-corrected chi connectivity index (χ2v) is 5.02. The predicted molar refractivity (Wildman–Crippen MR) is 70.0 cm³/mol. The Morgan fingerprint density at radius 2 is 1.82 bits per heavy atom. The largest absolute Gasteiger partial charge is 0.396 e. The van der Waals surface area contributed by atoms with Gasteiger partial charge < -0.3 is 15.5 Å². The predicted octanol–water partition coefficient (Wildman–Crippen LogP) is 1.30. The second kappa shape index (κ2) is 6.74. The molecule has 0 fully saturated rings. The molecule has 0 amide bonds. The van der Waals surface area contributed by atoms with Gasteiger partial charge in [-0.2, -0.15) is 0 Å². The minimum absolute atomic E-state index is 0.0180. The summed E-state index contributed by atoms with van der Waals surface area (Å²) in [5.41, 5.74) is 1.29. The molecule has 96 valence electrons. The zero-order valence-electron chi connectivity index (χ0n) is 10.7. The van der Waals surface area contributed by atoms with Crippen molar-refractivity contribution in [1.82, 2.24) is 5.32 Å². The molecule has 0 saturated carbocycles. The quantitative estimate of drug-likeness (QED) is 0.670. The smallest absolute Gasteiger partial charge is 0.0585 e. The first-order valence-corrected chi connectivity index (χ1v) is 6.11. The molecule has 0 bridgehead atoms. The van der Waals surface area contributed by atoms with Gasteiger partial charge in [-0.15, -0.1) is 0 Å². The van der Waals surface area contributed by atoms with Crippen LogP contribution in [-0.2, 0) is 5.41 Å². The van der Waals surface area contributed by atoms with Gasteiger partial charge in [0.25, 0.3) is 0 Å². The van der Waals surface area contributed by atoms with Gasteiger partial charge in [0.15, 0.2) is 0 Å². The Kier molecular flexibility index (Phi) is 5.62. The average Bonchev–Trinajstić information content (AvgIpc) is 2.35. The summed E-state index contributed by atoms with van der Waals surface area (Å²) in [5.74, 6) is 0. The minimum atomic E-state index is -0.0250.